The highest BCUT2D eigenvalue weighted by Crippen LogP contribution is 2.31. The van der Waals surface area contributed by atoms with Crippen LogP contribution in [0.3, 0.4) is 0 Å². The minimum Gasteiger partial charge on any atom is -0.497 e. The number of aliphatic hydroxyl groups excluding tert-OH is 1. The number of amides is 2. The molecule has 0 unspecified atom stereocenters. The van der Waals surface area contributed by atoms with Gasteiger partial charge in [0, 0.05) is 17.7 Å². The van der Waals surface area contributed by atoms with Crippen LogP contribution in [0.1, 0.15) is 25.0 Å². The highest BCUT2D eigenvalue weighted by atomic mass is 16.6. The molecule has 182 valence electrons. The number of allylic oxidation sites excluding steroid dienone is 3. The molecule has 0 aliphatic heterocycles. The van der Waals surface area contributed by atoms with Gasteiger partial charge in [-0.3, -0.25) is 15.3 Å². The van der Waals surface area contributed by atoms with Crippen molar-refractivity contribution in [3.63, 3.8) is 0 Å². The van der Waals surface area contributed by atoms with Crippen molar-refractivity contribution < 1.29 is 34.1 Å². The van der Waals surface area contributed by atoms with Gasteiger partial charge in [-0.05, 0) is 48.4 Å². The van der Waals surface area contributed by atoms with Crippen molar-refractivity contribution in [1.29, 1.82) is 0 Å². The van der Waals surface area contributed by atoms with E-state index >= 15 is 0 Å². The minimum atomic E-state index is -0.627. The molecule has 0 aliphatic rings. The summed E-state index contributed by atoms with van der Waals surface area (Å²) in [4.78, 5) is 23.7. The van der Waals surface area contributed by atoms with Gasteiger partial charge in [0.15, 0.2) is 0 Å². The highest BCUT2D eigenvalue weighted by molar-refractivity contribution is 5.86. The minimum absolute atomic E-state index is 0.0865. The first-order valence-corrected chi connectivity index (χ1v) is 10.7. The molecule has 0 saturated heterocycles. The Morgan fingerprint density at radius 3 is 2.32 bits per heavy atom. The van der Waals surface area contributed by atoms with Crippen LogP contribution in [-0.4, -0.2) is 42.6 Å². The summed E-state index contributed by atoms with van der Waals surface area (Å²) < 4.78 is 16.3. The Balaban J connectivity index is 2.11. The standard InChI is InChI=1S/C25H30N2O7/c1-18(6-4-3-5-7-23(29)27-31)24(19-8-12-22(13-9-19)33-17-16-28)34-25(30)26-20-10-14-21(32-2)15-11-20/h3-5,7-15,18,24,28,31H,6,16-17H2,1-2H3,(H,26,30)(H,27,29)/b4-3+,7-5+/t18-,24+/m0/s1. The number of carbonyl (C=O) groups is 2. The van der Waals surface area contributed by atoms with E-state index in [0.717, 1.165) is 5.56 Å². The van der Waals surface area contributed by atoms with Gasteiger partial charge >= 0.3 is 6.09 Å². The number of anilines is 1. The molecule has 0 aromatic heterocycles. The smallest absolute Gasteiger partial charge is 0.412 e. The van der Waals surface area contributed by atoms with E-state index in [0.29, 0.717) is 23.6 Å². The Labute approximate surface area is 198 Å². The van der Waals surface area contributed by atoms with Crippen molar-refractivity contribution in [2.75, 3.05) is 25.6 Å². The van der Waals surface area contributed by atoms with E-state index in [2.05, 4.69) is 5.32 Å². The Hall–Kier alpha value is -3.82. The third-order valence-corrected chi connectivity index (χ3v) is 4.77. The summed E-state index contributed by atoms with van der Waals surface area (Å²) >= 11 is 0. The van der Waals surface area contributed by atoms with Crippen molar-refractivity contribution in [3.05, 3.63) is 78.4 Å². The summed E-state index contributed by atoms with van der Waals surface area (Å²) in [7, 11) is 1.56. The molecule has 0 radical (unpaired) electrons. The number of nitrogens with one attached hydrogen (secondary N) is 2. The molecule has 0 bridgehead atoms. The Bertz CT molecular complexity index is 956. The van der Waals surface area contributed by atoms with E-state index in [1.54, 1.807) is 49.6 Å². The molecule has 0 fully saturated rings. The monoisotopic (exact) mass is 470 g/mol. The fraction of sp³-hybridized carbons (Fsp3) is 0.280. The third-order valence-electron chi connectivity index (χ3n) is 4.77. The van der Waals surface area contributed by atoms with Crippen LogP contribution in [0.15, 0.2) is 72.8 Å². The fourth-order valence-electron chi connectivity index (χ4n) is 3.04. The molecule has 0 spiro atoms. The van der Waals surface area contributed by atoms with Gasteiger partial charge in [0.1, 0.15) is 24.2 Å². The van der Waals surface area contributed by atoms with E-state index in [9.17, 15) is 9.59 Å². The number of aliphatic hydroxyl groups is 1. The molecule has 2 aromatic carbocycles. The molecule has 4 N–H and O–H groups in total. The first-order chi connectivity index (χ1) is 16.5. The first kappa shape index (κ1) is 26.4. The Morgan fingerprint density at radius 2 is 1.71 bits per heavy atom. The van der Waals surface area contributed by atoms with Crippen LogP contribution in [-0.2, 0) is 9.53 Å². The van der Waals surface area contributed by atoms with Crippen molar-refractivity contribution in [2.24, 2.45) is 5.92 Å². The highest BCUT2D eigenvalue weighted by Gasteiger charge is 2.23. The SMILES string of the molecule is COc1ccc(NC(=O)O[C@@H](c2ccc(OCCO)cc2)[C@@H](C)C/C=C/C=C/C(=O)NO)cc1. The van der Waals surface area contributed by atoms with Crippen molar-refractivity contribution in [3.8, 4) is 11.5 Å². The van der Waals surface area contributed by atoms with E-state index in [-0.39, 0.29) is 19.1 Å². The molecule has 34 heavy (non-hydrogen) atoms. The maximum Gasteiger partial charge on any atom is 0.412 e. The molecule has 9 heteroatoms. The van der Waals surface area contributed by atoms with Gasteiger partial charge in [0.2, 0.25) is 0 Å². The zero-order valence-corrected chi connectivity index (χ0v) is 19.1. The molecule has 2 aromatic rings. The van der Waals surface area contributed by atoms with E-state index in [1.807, 2.05) is 25.1 Å². The molecule has 2 atom stereocenters. The lowest BCUT2D eigenvalue weighted by Crippen LogP contribution is -2.21. The van der Waals surface area contributed by atoms with Crippen LogP contribution in [0.5, 0.6) is 11.5 Å². The lowest BCUT2D eigenvalue weighted by atomic mass is 9.94. The quantitative estimate of drug-likeness (QED) is 0.160. The van der Waals surface area contributed by atoms with Crippen LogP contribution in [0.2, 0.25) is 0 Å². The van der Waals surface area contributed by atoms with Gasteiger partial charge in [0.25, 0.3) is 5.91 Å². The summed E-state index contributed by atoms with van der Waals surface area (Å²) in [6.07, 6.45) is 5.56. The fourth-order valence-corrected chi connectivity index (χ4v) is 3.04. The van der Waals surface area contributed by atoms with Crippen LogP contribution >= 0.6 is 0 Å². The topological polar surface area (TPSA) is 126 Å². The van der Waals surface area contributed by atoms with Crippen LogP contribution in [0.25, 0.3) is 0 Å². The maximum absolute atomic E-state index is 12.6. The van der Waals surface area contributed by atoms with Crippen molar-refractivity contribution in [1.82, 2.24) is 5.48 Å². The lowest BCUT2D eigenvalue weighted by Gasteiger charge is -2.24. The van der Waals surface area contributed by atoms with Gasteiger partial charge in [0.05, 0.1) is 13.7 Å². The van der Waals surface area contributed by atoms with E-state index in [4.69, 9.17) is 24.5 Å². The molecule has 9 nitrogen and oxygen atoms in total. The number of hydrogen-bond donors (Lipinski definition) is 4. The number of carbonyl (C=O) groups excluding carboxylic acids is 2. The lowest BCUT2D eigenvalue weighted by molar-refractivity contribution is -0.124. The molecular formula is C25H30N2O7. The number of methoxy groups -OCH3 is 1. The van der Waals surface area contributed by atoms with E-state index in [1.165, 1.54) is 17.6 Å². The summed E-state index contributed by atoms with van der Waals surface area (Å²) in [6.45, 7) is 2.04. The number of rotatable bonds is 12. The largest absolute Gasteiger partial charge is 0.497 e. The second-order valence-corrected chi connectivity index (χ2v) is 7.30. The number of ether oxygens (including phenoxy) is 3. The summed E-state index contributed by atoms with van der Waals surface area (Å²) in [5.74, 6) is 0.532. The normalized spacial score (nSPS) is 12.8. The predicted molar refractivity (Wildman–Crippen MR) is 127 cm³/mol. The Morgan fingerprint density at radius 1 is 1.03 bits per heavy atom. The van der Waals surface area contributed by atoms with E-state index < -0.39 is 18.1 Å². The van der Waals surface area contributed by atoms with Crippen molar-refractivity contribution in [2.45, 2.75) is 19.4 Å². The van der Waals surface area contributed by atoms with Crippen molar-refractivity contribution >= 4 is 17.7 Å². The second-order valence-electron chi connectivity index (χ2n) is 7.30. The van der Waals surface area contributed by atoms with Crippen LogP contribution in [0.4, 0.5) is 10.5 Å². The molecule has 0 aliphatic carbocycles. The maximum atomic E-state index is 12.6. The summed E-state index contributed by atoms with van der Waals surface area (Å²) in [5.41, 5.74) is 2.86. The third kappa shape index (κ3) is 8.97. The zero-order chi connectivity index (χ0) is 24.8. The summed E-state index contributed by atoms with van der Waals surface area (Å²) in [5, 5.41) is 20.1. The number of benzene rings is 2. The summed E-state index contributed by atoms with van der Waals surface area (Å²) in [6, 6.07) is 14.0. The number of hydroxylamine groups is 1. The van der Waals surface area contributed by atoms with Gasteiger partial charge in [-0.25, -0.2) is 10.3 Å². The van der Waals surface area contributed by atoms with Gasteiger partial charge in [-0.1, -0.05) is 37.3 Å². The van der Waals surface area contributed by atoms with Crippen LogP contribution < -0.4 is 20.3 Å². The zero-order valence-electron chi connectivity index (χ0n) is 19.1. The van der Waals surface area contributed by atoms with Gasteiger partial charge < -0.3 is 19.3 Å². The van der Waals surface area contributed by atoms with Gasteiger partial charge in [-0.15, -0.1) is 0 Å². The molecule has 2 rings (SSSR count). The van der Waals surface area contributed by atoms with Crippen LogP contribution in [0, 0.1) is 5.92 Å². The first-order valence-electron chi connectivity index (χ1n) is 10.7. The predicted octanol–water partition coefficient (Wildman–Crippen LogP) is 4.00. The average molecular weight is 471 g/mol. The average Bonchev–Trinajstić information content (AvgIpc) is 2.86. The second kappa shape index (κ2) is 14.4. The molecule has 0 heterocycles. The van der Waals surface area contributed by atoms with Gasteiger partial charge in [-0.2, -0.15) is 0 Å². The molecule has 2 amide bonds. The Kier molecular flexibility index (Phi) is 11.2. The molecule has 0 saturated carbocycles. The molecular weight excluding hydrogens is 440 g/mol. The number of hydrogen-bond acceptors (Lipinski definition) is 7.